The molecule has 2 saturated heterocycles. The van der Waals surface area contributed by atoms with E-state index in [-0.39, 0.29) is 17.9 Å². The Morgan fingerprint density at radius 1 is 1.07 bits per heavy atom. The molecule has 2 aliphatic rings. The molecule has 0 bridgehead atoms. The zero-order chi connectivity index (χ0) is 19.5. The van der Waals surface area contributed by atoms with E-state index in [1.165, 1.54) is 6.33 Å². The van der Waals surface area contributed by atoms with E-state index in [1.54, 1.807) is 4.68 Å². The van der Waals surface area contributed by atoms with Crippen LogP contribution in [-0.2, 0) is 4.79 Å². The first kappa shape index (κ1) is 18.4. The number of rotatable bonds is 3. The van der Waals surface area contributed by atoms with Crippen LogP contribution in [0.5, 0.6) is 0 Å². The van der Waals surface area contributed by atoms with Gasteiger partial charge in [-0.25, -0.2) is 9.48 Å². The SMILES string of the molecule is Cc1ccc(NC(=O)C2CCN(C(=O)N3CCCC3)CC2)cc1-n1cnnn1. The molecule has 0 saturated carbocycles. The molecule has 1 aromatic heterocycles. The Balaban J connectivity index is 1.35. The first-order chi connectivity index (χ1) is 13.6. The molecule has 3 amide bonds. The van der Waals surface area contributed by atoms with Gasteiger partial charge in [-0.3, -0.25) is 4.79 Å². The molecule has 2 aromatic rings. The van der Waals surface area contributed by atoms with E-state index in [2.05, 4.69) is 20.8 Å². The van der Waals surface area contributed by atoms with Crippen LogP contribution in [0.3, 0.4) is 0 Å². The van der Waals surface area contributed by atoms with Gasteiger partial charge in [0.05, 0.1) is 5.69 Å². The average Bonchev–Trinajstić information content (AvgIpc) is 3.43. The van der Waals surface area contributed by atoms with Gasteiger partial charge in [0.1, 0.15) is 6.33 Å². The summed E-state index contributed by atoms with van der Waals surface area (Å²) in [5, 5.41) is 14.2. The fourth-order valence-electron chi connectivity index (χ4n) is 3.89. The van der Waals surface area contributed by atoms with Crippen molar-refractivity contribution in [3.8, 4) is 5.69 Å². The lowest BCUT2D eigenvalue weighted by Crippen LogP contribution is -2.47. The number of carbonyl (C=O) groups excluding carboxylic acids is 2. The van der Waals surface area contributed by atoms with Crippen LogP contribution in [0.15, 0.2) is 24.5 Å². The summed E-state index contributed by atoms with van der Waals surface area (Å²) in [4.78, 5) is 29.0. The highest BCUT2D eigenvalue weighted by Gasteiger charge is 2.30. The minimum absolute atomic E-state index is 0.000195. The zero-order valence-electron chi connectivity index (χ0n) is 16.0. The summed E-state index contributed by atoms with van der Waals surface area (Å²) in [6.45, 7) is 4.96. The van der Waals surface area contributed by atoms with Crippen molar-refractivity contribution in [3.05, 3.63) is 30.1 Å². The second-order valence-corrected chi connectivity index (χ2v) is 7.48. The van der Waals surface area contributed by atoms with Crippen LogP contribution in [0.4, 0.5) is 10.5 Å². The zero-order valence-corrected chi connectivity index (χ0v) is 16.0. The minimum Gasteiger partial charge on any atom is -0.326 e. The highest BCUT2D eigenvalue weighted by molar-refractivity contribution is 5.93. The number of aryl methyl sites for hydroxylation is 1. The maximum atomic E-state index is 12.7. The van der Waals surface area contributed by atoms with Crippen LogP contribution in [-0.4, -0.2) is 68.1 Å². The smallest absolute Gasteiger partial charge is 0.319 e. The number of benzene rings is 1. The van der Waals surface area contributed by atoms with Gasteiger partial charge in [-0.05, 0) is 60.7 Å². The van der Waals surface area contributed by atoms with Crippen LogP contribution in [0.1, 0.15) is 31.2 Å². The molecule has 0 spiro atoms. The second kappa shape index (κ2) is 7.95. The molecule has 1 aromatic carbocycles. The number of urea groups is 1. The number of nitrogens with one attached hydrogen (secondary N) is 1. The largest absolute Gasteiger partial charge is 0.326 e. The van der Waals surface area contributed by atoms with Crippen LogP contribution in [0.25, 0.3) is 5.69 Å². The quantitative estimate of drug-likeness (QED) is 0.872. The van der Waals surface area contributed by atoms with E-state index >= 15 is 0 Å². The van der Waals surface area contributed by atoms with Crippen molar-refractivity contribution in [1.82, 2.24) is 30.0 Å². The van der Waals surface area contributed by atoms with E-state index in [9.17, 15) is 9.59 Å². The minimum atomic E-state index is -0.0829. The maximum absolute atomic E-state index is 12.7. The van der Waals surface area contributed by atoms with Crippen molar-refractivity contribution in [1.29, 1.82) is 0 Å². The van der Waals surface area contributed by atoms with Gasteiger partial charge in [0, 0.05) is 37.8 Å². The van der Waals surface area contributed by atoms with Gasteiger partial charge in [-0.2, -0.15) is 0 Å². The van der Waals surface area contributed by atoms with Gasteiger partial charge in [-0.15, -0.1) is 5.10 Å². The van der Waals surface area contributed by atoms with Gasteiger partial charge in [0.25, 0.3) is 0 Å². The van der Waals surface area contributed by atoms with Crippen molar-refractivity contribution in [2.75, 3.05) is 31.5 Å². The summed E-state index contributed by atoms with van der Waals surface area (Å²) in [6.07, 6.45) is 5.09. The Morgan fingerprint density at radius 2 is 1.79 bits per heavy atom. The Hall–Kier alpha value is -2.97. The Bertz CT molecular complexity index is 838. The molecule has 1 N–H and O–H groups in total. The highest BCUT2D eigenvalue weighted by Crippen LogP contribution is 2.23. The molecule has 0 unspecified atom stereocenters. The lowest BCUT2D eigenvalue weighted by atomic mass is 9.96. The fourth-order valence-corrected chi connectivity index (χ4v) is 3.89. The average molecular weight is 383 g/mol. The van der Waals surface area contributed by atoms with Gasteiger partial charge >= 0.3 is 6.03 Å². The predicted octanol–water partition coefficient (Wildman–Crippen LogP) is 1.84. The molecular formula is C19H25N7O2. The Labute approximate surface area is 163 Å². The summed E-state index contributed by atoms with van der Waals surface area (Å²) >= 11 is 0. The van der Waals surface area contributed by atoms with E-state index in [0.29, 0.717) is 25.9 Å². The van der Waals surface area contributed by atoms with Crippen LogP contribution >= 0.6 is 0 Å². The first-order valence-corrected chi connectivity index (χ1v) is 9.80. The summed E-state index contributed by atoms with van der Waals surface area (Å²) in [7, 11) is 0. The number of aromatic nitrogens is 4. The summed E-state index contributed by atoms with van der Waals surface area (Å²) in [5.74, 6) is -0.0831. The monoisotopic (exact) mass is 383 g/mol. The molecule has 9 heteroatoms. The number of carbonyl (C=O) groups is 2. The molecule has 9 nitrogen and oxygen atoms in total. The normalized spacial score (nSPS) is 17.8. The van der Waals surface area contributed by atoms with Gasteiger partial charge in [-0.1, -0.05) is 6.07 Å². The van der Waals surface area contributed by atoms with Crippen LogP contribution in [0.2, 0.25) is 0 Å². The Kier molecular flexibility index (Phi) is 5.23. The third-order valence-electron chi connectivity index (χ3n) is 5.59. The van der Waals surface area contributed by atoms with E-state index in [4.69, 9.17) is 0 Å². The number of tetrazole rings is 1. The number of nitrogens with zero attached hydrogens (tertiary/aromatic N) is 6. The van der Waals surface area contributed by atoms with Crippen LogP contribution in [0, 0.1) is 12.8 Å². The molecule has 0 aliphatic carbocycles. The molecule has 2 fully saturated rings. The molecule has 0 atom stereocenters. The standard InChI is InChI=1S/C19H25N7O2/c1-14-4-5-16(12-17(14)26-13-20-22-23-26)21-18(27)15-6-10-25(11-7-15)19(28)24-8-2-3-9-24/h4-5,12-13,15H,2-3,6-11H2,1H3,(H,21,27). The molecule has 3 heterocycles. The molecule has 28 heavy (non-hydrogen) atoms. The van der Waals surface area contributed by atoms with Crippen molar-refractivity contribution in [2.45, 2.75) is 32.6 Å². The predicted molar refractivity (Wildman–Crippen MR) is 103 cm³/mol. The van der Waals surface area contributed by atoms with Crippen molar-refractivity contribution >= 4 is 17.6 Å². The number of hydrogen-bond donors (Lipinski definition) is 1. The first-order valence-electron chi connectivity index (χ1n) is 9.80. The van der Waals surface area contributed by atoms with Crippen molar-refractivity contribution in [3.63, 3.8) is 0 Å². The maximum Gasteiger partial charge on any atom is 0.319 e. The third kappa shape index (κ3) is 3.83. The highest BCUT2D eigenvalue weighted by atomic mass is 16.2. The van der Waals surface area contributed by atoms with Gasteiger partial charge in [0.2, 0.25) is 5.91 Å². The third-order valence-corrected chi connectivity index (χ3v) is 5.59. The molecule has 4 rings (SSSR count). The van der Waals surface area contributed by atoms with E-state index in [1.807, 2.05) is 34.9 Å². The number of piperidine rings is 1. The fraction of sp³-hybridized carbons (Fsp3) is 0.526. The summed E-state index contributed by atoms with van der Waals surface area (Å²) in [6, 6.07) is 5.81. The van der Waals surface area contributed by atoms with E-state index < -0.39 is 0 Å². The van der Waals surface area contributed by atoms with E-state index in [0.717, 1.165) is 42.9 Å². The van der Waals surface area contributed by atoms with Crippen molar-refractivity contribution < 1.29 is 9.59 Å². The van der Waals surface area contributed by atoms with Crippen molar-refractivity contribution in [2.24, 2.45) is 5.92 Å². The lowest BCUT2D eigenvalue weighted by Gasteiger charge is -2.34. The number of amides is 3. The second-order valence-electron chi connectivity index (χ2n) is 7.48. The van der Waals surface area contributed by atoms with Crippen LogP contribution < -0.4 is 5.32 Å². The lowest BCUT2D eigenvalue weighted by molar-refractivity contribution is -0.121. The molecular weight excluding hydrogens is 358 g/mol. The summed E-state index contributed by atoms with van der Waals surface area (Å²) in [5.41, 5.74) is 2.56. The number of anilines is 1. The summed E-state index contributed by atoms with van der Waals surface area (Å²) < 4.78 is 1.58. The Morgan fingerprint density at radius 3 is 2.46 bits per heavy atom. The molecule has 0 radical (unpaired) electrons. The number of likely N-dealkylation sites (tertiary alicyclic amines) is 2. The van der Waals surface area contributed by atoms with Gasteiger partial charge < -0.3 is 15.1 Å². The van der Waals surface area contributed by atoms with Gasteiger partial charge in [0.15, 0.2) is 0 Å². The topological polar surface area (TPSA) is 96.2 Å². The number of hydrogen-bond acceptors (Lipinski definition) is 5. The molecule has 148 valence electrons. The molecule has 2 aliphatic heterocycles.